The summed E-state index contributed by atoms with van der Waals surface area (Å²) in [5.74, 6) is 0.456. The van der Waals surface area contributed by atoms with Crippen LogP contribution in [0.3, 0.4) is 0 Å². The second-order valence-corrected chi connectivity index (χ2v) is 9.15. The Balaban J connectivity index is 2.03. The molecule has 1 aliphatic heterocycles. The Hall–Kier alpha value is -2.76. The lowest BCUT2D eigenvalue weighted by molar-refractivity contribution is 0.0566. The van der Waals surface area contributed by atoms with E-state index in [-0.39, 0.29) is 23.4 Å². The summed E-state index contributed by atoms with van der Waals surface area (Å²) in [6.45, 7) is 10.3. The number of para-hydroxylation sites is 1. The average Bonchev–Trinajstić information content (AvgIpc) is 2.96. The van der Waals surface area contributed by atoms with Crippen molar-refractivity contribution >= 4 is 17.5 Å². The van der Waals surface area contributed by atoms with Gasteiger partial charge in [-0.15, -0.1) is 0 Å². The first-order valence-corrected chi connectivity index (χ1v) is 10.1. The normalized spacial score (nSPS) is 16.2. The van der Waals surface area contributed by atoms with E-state index in [1.807, 2.05) is 26.8 Å². The third-order valence-corrected chi connectivity index (χ3v) is 4.94. The van der Waals surface area contributed by atoms with E-state index in [2.05, 4.69) is 26.0 Å². The SMILES string of the molecule is CC(C)Cc1cccc2c1N(C(=O)OC(C)(C)C)C(Cn1cccc(N)c1=O)C2. The number of aromatic nitrogens is 1. The molecule has 0 saturated carbocycles. The van der Waals surface area contributed by atoms with E-state index in [0.717, 1.165) is 23.2 Å². The number of ether oxygens (including phenoxy) is 1. The van der Waals surface area contributed by atoms with Crippen LogP contribution in [-0.4, -0.2) is 22.3 Å². The summed E-state index contributed by atoms with van der Waals surface area (Å²) >= 11 is 0. The quantitative estimate of drug-likeness (QED) is 0.846. The van der Waals surface area contributed by atoms with E-state index in [1.165, 1.54) is 0 Å². The average molecular weight is 398 g/mol. The summed E-state index contributed by atoms with van der Waals surface area (Å²) in [6, 6.07) is 9.30. The number of benzene rings is 1. The van der Waals surface area contributed by atoms with Gasteiger partial charge in [-0.05, 0) is 62.8 Å². The number of rotatable bonds is 4. The summed E-state index contributed by atoms with van der Waals surface area (Å²) < 4.78 is 7.31. The molecule has 0 fully saturated rings. The number of fused-ring (bicyclic) bond motifs is 1. The lowest BCUT2D eigenvalue weighted by Gasteiger charge is -2.30. The number of nitrogen functional groups attached to an aromatic ring is 1. The Labute approximate surface area is 172 Å². The molecule has 1 amide bonds. The number of nitrogens with two attached hydrogens (primary N) is 1. The van der Waals surface area contributed by atoms with Crippen LogP contribution in [-0.2, 0) is 24.1 Å². The van der Waals surface area contributed by atoms with E-state index in [9.17, 15) is 9.59 Å². The molecule has 0 aliphatic carbocycles. The van der Waals surface area contributed by atoms with Gasteiger partial charge in [0.05, 0.1) is 17.4 Å². The van der Waals surface area contributed by atoms with Gasteiger partial charge in [-0.1, -0.05) is 32.0 Å². The van der Waals surface area contributed by atoms with Crippen molar-refractivity contribution < 1.29 is 9.53 Å². The standard InChI is InChI=1S/C23H31N3O3/c1-15(2)12-16-8-6-9-17-13-18(14-25-11-7-10-19(24)21(25)27)26(20(16)17)22(28)29-23(3,4)5/h6-11,15,18H,12-14,24H2,1-5H3. The third kappa shape index (κ3) is 4.63. The minimum atomic E-state index is -0.606. The summed E-state index contributed by atoms with van der Waals surface area (Å²) in [5.41, 5.74) is 8.32. The van der Waals surface area contributed by atoms with Gasteiger partial charge in [0.25, 0.3) is 5.56 Å². The van der Waals surface area contributed by atoms with E-state index >= 15 is 0 Å². The van der Waals surface area contributed by atoms with Crippen molar-refractivity contribution in [2.45, 2.75) is 65.6 Å². The molecule has 6 nitrogen and oxygen atoms in total. The Morgan fingerprint density at radius 3 is 2.62 bits per heavy atom. The first-order chi connectivity index (χ1) is 13.6. The number of anilines is 2. The number of amides is 1. The van der Waals surface area contributed by atoms with Crippen molar-refractivity contribution in [1.82, 2.24) is 4.57 Å². The van der Waals surface area contributed by atoms with E-state index in [1.54, 1.807) is 27.8 Å². The fourth-order valence-electron chi connectivity index (χ4n) is 3.87. The predicted octanol–water partition coefficient (Wildman–Crippen LogP) is 4.00. The van der Waals surface area contributed by atoms with E-state index in [4.69, 9.17) is 10.5 Å². The smallest absolute Gasteiger partial charge is 0.415 e. The molecule has 1 atom stereocenters. The molecule has 6 heteroatoms. The molecule has 0 radical (unpaired) electrons. The van der Waals surface area contributed by atoms with Crippen molar-refractivity contribution in [1.29, 1.82) is 0 Å². The number of hydrogen-bond donors (Lipinski definition) is 1. The summed E-state index contributed by atoms with van der Waals surface area (Å²) in [5, 5.41) is 0. The molecule has 1 aliphatic rings. The van der Waals surface area contributed by atoms with Gasteiger partial charge in [-0.25, -0.2) is 4.79 Å². The van der Waals surface area contributed by atoms with Crippen LogP contribution in [0.4, 0.5) is 16.2 Å². The van der Waals surface area contributed by atoms with Crippen LogP contribution in [0.15, 0.2) is 41.3 Å². The molecule has 1 aromatic carbocycles. The molecule has 0 spiro atoms. The summed E-state index contributed by atoms with van der Waals surface area (Å²) in [7, 11) is 0. The molecule has 2 N–H and O–H groups in total. The van der Waals surface area contributed by atoms with Gasteiger partial charge in [0.1, 0.15) is 5.60 Å². The van der Waals surface area contributed by atoms with Crippen molar-refractivity contribution in [3.63, 3.8) is 0 Å². The van der Waals surface area contributed by atoms with E-state index in [0.29, 0.717) is 18.9 Å². The third-order valence-electron chi connectivity index (χ3n) is 4.94. The molecule has 2 heterocycles. The van der Waals surface area contributed by atoms with Gasteiger partial charge in [0.15, 0.2) is 0 Å². The molecular weight excluding hydrogens is 366 g/mol. The summed E-state index contributed by atoms with van der Waals surface area (Å²) in [4.78, 5) is 27.4. The van der Waals surface area contributed by atoms with Crippen molar-refractivity contribution in [3.8, 4) is 0 Å². The maximum Gasteiger partial charge on any atom is 0.415 e. The Morgan fingerprint density at radius 2 is 1.97 bits per heavy atom. The molecule has 0 bridgehead atoms. The zero-order chi connectivity index (χ0) is 21.3. The summed E-state index contributed by atoms with van der Waals surface area (Å²) in [6.07, 6.45) is 2.87. The van der Waals surface area contributed by atoms with Crippen LogP contribution in [0.1, 0.15) is 45.7 Å². The van der Waals surface area contributed by atoms with Crippen LogP contribution < -0.4 is 16.2 Å². The van der Waals surface area contributed by atoms with Crippen LogP contribution in [0, 0.1) is 5.92 Å². The molecule has 156 valence electrons. The minimum absolute atomic E-state index is 0.201. The van der Waals surface area contributed by atoms with Gasteiger partial charge in [-0.3, -0.25) is 9.69 Å². The van der Waals surface area contributed by atoms with Gasteiger partial charge in [-0.2, -0.15) is 0 Å². The molecule has 29 heavy (non-hydrogen) atoms. The molecule has 2 aromatic rings. The zero-order valence-corrected chi connectivity index (χ0v) is 17.9. The van der Waals surface area contributed by atoms with Gasteiger partial charge in [0.2, 0.25) is 0 Å². The lowest BCUT2D eigenvalue weighted by Crippen LogP contribution is -2.45. The van der Waals surface area contributed by atoms with Crippen molar-refractivity contribution in [2.24, 2.45) is 5.92 Å². The highest BCUT2D eigenvalue weighted by Gasteiger charge is 2.38. The fourth-order valence-corrected chi connectivity index (χ4v) is 3.87. The van der Waals surface area contributed by atoms with Gasteiger partial charge in [0, 0.05) is 12.7 Å². The first kappa shape index (κ1) is 21.0. The number of hydrogen-bond acceptors (Lipinski definition) is 4. The highest BCUT2D eigenvalue weighted by molar-refractivity contribution is 5.92. The minimum Gasteiger partial charge on any atom is -0.443 e. The fraction of sp³-hybridized carbons (Fsp3) is 0.478. The van der Waals surface area contributed by atoms with Crippen LogP contribution in [0.25, 0.3) is 0 Å². The number of carbonyl (C=O) groups excluding carboxylic acids is 1. The van der Waals surface area contributed by atoms with E-state index < -0.39 is 5.60 Å². The number of nitrogens with zero attached hydrogens (tertiary/aromatic N) is 2. The number of carbonyl (C=O) groups is 1. The molecule has 3 rings (SSSR count). The maximum absolute atomic E-state index is 13.2. The maximum atomic E-state index is 13.2. The highest BCUT2D eigenvalue weighted by Crippen LogP contribution is 2.38. The Kier molecular flexibility index (Phi) is 5.73. The highest BCUT2D eigenvalue weighted by atomic mass is 16.6. The van der Waals surface area contributed by atoms with Crippen LogP contribution >= 0.6 is 0 Å². The monoisotopic (exact) mass is 397 g/mol. The Morgan fingerprint density at radius 1 is 1.24 bits per heavy atom. The first-order valence-electron chi connectivity index (χ1n) is 10.1. The Bertz CT molecular complexity index is 957. The van der Waals surface area contributed by atoms with Crippen molar-refractivity contribution in [2.75, 3.05) is 10.6 Å². The largest absolute Gasteiger partial charge is 0.443 e. The molecular formula is C23H31N3O3. The van der Waals surface area contributed by atoms with Crippen LogP contribution in [0.5, 0.6) is 0 Å². The lowest BCUT2D eigenvalue weighted by atomic mass is 9.98. The second-order valence-electron chi connectivity index (χ2n) is 9.15. The van der Waals surface area contributed by atoms with Crippen molar-refractivity contribution in [3.05, 3.63) is 58.0 Å². The molecule has 0 saturated heterocycles. The predicted molar refractivity (Wildman–Crippen MR) is 116 cm³/mol. The van der Waals surface area contributed by atoms with Gasteiger partial charge < -0.3 is 15.0 Å². The second kappa shape index (κ2) is 7.93. The zero-order valence-electron chi connectivity index (χ0n) is 17.9. The topological polar surface area (TPSA) is 77.6 Å². The number of pyridine rings is 1. The molecule has 1 aromatic heterocycles. The molecule has 1 unspecified atom stereocenters. The van der Waals surface area contributed by atoms with Crippen LogP contribution in [0.2, 0.25) is 0 Å². The van der Waals surface area contributed by atoms with Gasteiger partial charge >= 0.3 is 6.09 Å².